The summed E-state index contributed by atoms with van der Waals surface area (Å²) in [7, 11) is 0. The summed E-state index contributed by atoms with van der Waals surface area (Å²) >= 11 is 5.16. The summed E-state index contributed by atoms with van der Waals surface area (Å²) in [5.41, 5.74) is 5.86. The zero-order chi connectivity index (χ0) is 16.3. The number of hydrazone groups is 1. The van der Waals surface area contributed by atoms with Crippen LogP contribution in [-0.2, 0) is 17.1 Å². The van der Waals surface area contributed by atoms with Gasteiger partial charge in [-0.3, -0.25) is 17.6 Å². The van der Waals surface area contributed by atoms with Crippen molar-refractivity contribution >= 4 is 28.7 Å². The van der Waals surface area contributed by atoms with E-state index in [0.29, 0.717) is 5.11 Å². The Bertz CT molecular complexity index is 663. The average molecular weight is 377 g/mol. The van der Waals surface area contributed by atoms with Gasteiger partial charge in [0.15, 0.2) is 5.11 Å². The number of anilines is 1. The number of hydrogen-bond donors (Lipinski definition) is 2. The van der Waals surface area contributed by atoms with Crippen molar-refractivity contribution in [1.82, 2.24) is 5.43 Å². The smallest absolute Gasteiger partial charge is 0.331 e. The van der Waals surface area contributed by atoms with Crippen molar-refractivity contribution in [1.29, 1.82) is 0 Å². The molecule has 0 amide bonds. The van der Waals surface area contributed by atoms with E-state index in [1.54, 1.807) is 0 Å². The monoisotopic (exact) mass is 377 g/mol. The van der Waals surface area contributed by atoms with E-state index in [1.165, 1.54) is 0 Å². The largest absolute Gasteiger partial charge is 2.00 e. The van der Waals surface area contributed by atoms with E-state index in [0.717, 1.165) is 29.8 Å². The van der Waals surface area contributed by atoms with Crippen molar-refractivity contribution in [2.24, 2.45) is 5.10 Å². The van der Waals surface area contributed by atoms with E-state index in [4.69, 9.17) is 12.2 Å². The van der Waals surface area contributed by atoms with Crippen LogP contribution < -0.4 is 10.7 Å². The number of allylic oxidation sites excluding steroid dienone is 8. The molecular weight excluding hydrogens is 358 g/mol. The number of thiocarbonyl (C=S) groups is 1. The van der Waals surface area contributed by atoms with E-state index < -0.39 is 0 Å². The minimum Gasteiger partial charge on any atom is -0.331 e. The van der Waals surface area contributed by atoms with Crippen molar-refractivity contribution in [3.05, 3.63) is 78.4 Å². The molecule has 2 aliphatic rings. The molecule has 0 bridgehead atoms. The fourth-order valence-corrected chi connectivity index (χ4v) is 2.03. The number of hydrogen-bond acceptors (Lipinski definition) is 2. The molecule has 2 N–H and O–H groups in total. The van der Waals surface area contributed by atoms with Crippen LogP contribution >= 0.6 is 12.2 Å². The summed E-state index contributed by atoms with van der Waals surface area (Å²) in [6.45, 7) is 1.95. The molecule has 0 aromatic heterocycles. The van der Waals surface area contributed by atoms with Crippen LogP contribution in [0.25, 0.3) is 0 Å². The van der Waals surface area contributed by atoms with Crippen LogP contribution in [0.2, 0.25) is 0 Å². The fourth-order valence-electron chi connectivity index (χ4n) is 1.87. The molecule has 0 unspecified atom stereocenters. The van der Waals surface area contributed by atoms with Gasteiger partial charge in [0, 0.05) is 5.69 Å². The van der Waals surface area contributed by atoms with Crippen LogP contribution in [-0.4, -0.2) is 10.8 Å². The number of para-hydroxylation sites is 1. The Morgan fingerprint density at radius 2 is 1.96 bits per heavy atom. The maximum absolute atomic E-state index is 5.16. The second kappa shape index (κ2) is 11.6. The Hall–Kier alpha value is -1.94. The van der Waals surface area contributed by atoms with Crippen LogP contribution in [0.4, 0.5) is 5.69 Å². The van der Waals surface area contributed by atoms with Gasteiger partial charge in [-0.2, -0.15) is 22.8 Å². The first-order chi connectivity index (χ1) is 11.3. The van der Waals surface area contributed by atoms with Crippen LogP contribution in [0.15, 0.2) is 71.4 Å². The van der Waals surface area contributed by atoms with Gasteiger partial charge < -0.3 is 5.32 Å². The SMILES string of the molecule is C/C(=N\NC(=S)Nc1ccccc1)C1=C[C-]=CC1.[C-]1=CCC=C1.[Fe+2]. The average Bonchev–Trinajstić information content (AvgIpc) is 3.29. The molecule has 24 heavy (non-hydrogen) atoms. The molecule has 0 aliphatic heterocycles. The van der Waals surface area contributed by atoms with E-state index >= 15 is 0 Å². The maximum Gasteiger partial charge on any atom is 2.00 e. The van der Waals surface area contributed by atoms with Crippen LogP contribution in [0.1, 0.15) is 19.8 Å². The Morgan fingerprint density at radius 1 is 1.17 bits per heavy atom. The molecule has 0 fully saturated rings. The summed E-state index contributed by atoms with van der Waals surface area (Å²) < 4.78 is 0. The predicted octanol–water partition coefficient (Wildman–Crippen LogP) is 4.34. The van der Waals surface area contributed by atoms with Crippen molar-refractivity contribution in [3.8, 4) is 0 Å². The van der Waals surface area contributed by atoms with Gasteiger partial charge in [0.25, 0.3) is 0 Å². The van der Waals surface area contributed by atoms with Crippen molar-refractivity contribution in [2.75, 3.05) is 5.32 Å². The zero-order valence-electron chi connectivity index (χ0n) is 13.4. The van der Waals surface area contributed by atoms with Crippen molar-refractivity contribution in [2.45, 2.75) is 19.8 Å². The standard InChI is InChI=1S/C14H14N3S.C5H5.Fe/c1-11(12-7-5-6-8-12)16-17-14(18)15-13-9-3-2-4-10-13;1-2-4-5-3-1;/h2-5,8-10H,7H2,1H3,(H2,15,17,18);1-2,5H,3H2;/q2*-1;+2/b16-11+;;. The van der Waals surface area contributed by atoms with Gasteiger partial charge in [0.1, 0.15) is 0 Å². The molecule has 0 radical (unpaired) electrons. The summed E-state index contributed by atoms with van der Waals surface area (Å²) in [6, 6.07) is 9.75. The van der Waals surface area contributed by atoms with E-state index in [9.17, 15) is 0 Å². The Labute approximate surface area is 159 Å². The number of benzene rings is 1. The molecule has 0 saturated carbocycles. The van der Waals surface area contributed by atoms with Gasteiger partial charge in [-0.1, -0.05) is 24.6 Å². The fraction of sp³-hybridized carbons (Fsp3) is 0.158. The molecular formula is C19H19FeN3S. The third kappa shape index (κ3) is 7.55. The Kier molecular flexibility index (Phi) is 9.69. The van der Waals surface area contributed by atoms with E-state index in [-0.39, 0.29) is 17.1 Å². The molecule has 0 atom stereocenters. The third-order valence-electron chi connectivity index (χ3n) is 3.10. The summed E-state index contributed by atoms with van der Waals surface area (Å²) in [4.78, 5) is 0. The van der Waals surface area contributed by atoms with Gasteiger partial charge >= 0.3 is 17.1 Å². The van der Waals surface area contributed by atoms with Gasteiger partial charge in [-0.25, -0.2) is 18.2 Å². The molecule has 2 aliphatic carbocycles. The van der Waals surface area contributed by atoms with Crippen molar-refractivity contribution < 1.29 is 17.1 Å². The summed E-state index contributed by atoms with van der Waals surface area (Å²) in [5, 5.41) is 7.78. The minimum absolute atomic E-state index is 0. The molecule has 1 aromatic carbocycles. The number of rotatable bonds is 3. The second-order valence-electron chi connectivity index (χ2n) is 4.88. The van der Waals surface area contributed by atoms with Crippen LogP contribution in [0.5, 0.6) is 0 Å². The Balaban J connectivity index is 0.000000412. The summed E-state index contributed by atoms with van der Waals surface area (Å²) in [6.07, 6.45) is 17.8. The first-order valence-electron chi connectivity index (χ1n) is 7.42. The molecule has 5 heteroatoms. The topological polar surface area (TPSA) is 36.4 Å². The molecule has 3 rings (SSSR count). The van der Waals surface area contributed by atoms with Gasteiger partial charge in [-0.05, 0) is 37.0 Å². The quantitative estimate of drug-likeness (QED) is 0.271. The molecule has 1 aromatic rings. The summed E-state index contributed by atoms with van der Waals surface area (Å²) in [5.74, 6) is 0. The third-order valence-corrected chi connectivity index (χ3v) is 3.30. The van der Waals surface area contributed by atoms with Gasteiger partial charge in [-0.15, -0.1) is 6.42 Å². The first kappa shape index (κ1) is 20.1. The normalized spacial score (nSPS) is 14.4. The molecule has 0 saturated heterocycles. The zero-order valence-corrected chi connectivity index (χ0v) is 15.3. The van der Waals surface area contributed by atoms with E-state index in [2.05, 4.69) is 34.1 Å². The molecule has 124 valence electrons. The molecule has 0 heterocycles. The molecule has 0 spiro atoms. The van der Waals surface area contributed by atoms with Crippen LogP contribution in [0.3, 0.4) is 0 Å². The maximum atomic E-state index is 5.16. The predicted molar refractivity (Wildman–Crippen MR) is 101 cm³/mol. The number of nitrogens with zero attached hydrogens (tertiary/aromatic N) is 1. The second-order valence-corrected chi connectivity index (χ2v) is 5.29. The minimum atomic E-state index is 0. The number of nitrogens with one attached hydrogen (secondary N) is 2. The van der Waals surface area contributed by atoms with Gasteiger partial charge in [0.2, 0.25) is 0 Å². The van der Waals surface area contributed by atoms with Gasteiger partial charge in [0.05, 0.1) is 0 Å². The van der Waals surface area contributed by atoms with Crippen LogP contribution in [0, 0.1) is 12.2 Å². The Morgan fingerprint density at radius 3 is 2.50 bits per heavy atom. The first-order valence-corrected chi connectivity index (χ1v) is 7.83. The molecule has 3 nitrogen and oxygen atoms in total. The van der Waals surface area contributed by atoms with Crippen molar-refractivity contribution in [3.63, 3.8) is 0 Å². The van der Waals surface area contributed by atoms with E-state index in [1.807, 2.05) is 61.6 Å².